The third kappa shape index (κ3) is 5.37. The lowest BCUT2D eigenvalue weighted by Gasteiger charge is -2.26. The average molecular weight is 596 g/mol. The Bertz CT molecular complexity index is 1630. The second-order valence-corrected chi connectivity index (χ2v) is 10.8. The summed E-state index contributed by atoms with van der Waals surface area (Å²) in [4.78, 5) is 30.7. The summed E-state index contributed by atoms with van der Waals surface area (Å²) in [5, 5.41) is 7.98. The van der Waals surface area contributed by atoms with Crippen LogP contribution in [0.5, 0.6) is 0 Å². The van der Waals surface area contributed by atoms with Crippen LogP contribution in [0, 0.1) is 0 Å². The summed E-state index contributed by atoms with van der Waals surface area (Å²) in [5.74, 6) is -0.424. The smallest absolute Gasteiger partial charge is 0.416 e. The number of ether oxygens (including phenoxy) is 1. The van der Waals surface area contributed by atoms with Crippen LogP contribution in [0.4, 0.5) is 31.1 Å². The Hall–Kier alpha value is -4.01. The molecule has 214 valence electrons. The maximum atomic E-state index is 13.6. The van der Waals surface area contributed by atoms with Gasteiger partial charge < -0.3 is 15.0 Å². The number of likely N-dealkylation sites (tertiary alicyclic amines) is 1. The molecule has 3 aliphatic rings. The van der Waals surface area contributed by atoms with Crippen molar-refractivity contribution in [1.82, 2.24) is 20.0 Å². The van der Waals surface area contributed by atoms with E-state index in [1.54, 1.807) is 24.3 Å². The standard InChI is InChI=1S/C26H19F6N5O3S/c27-25(28,29)16-3-2-14(19(7-16)26(30,31)32)10-37-20-4-1-13(5-15(20)9-33-37)6-21-22(38)35-23(41-21)36-11-17-8-18(36)12-40-24(39)34-17/h1-7,9,17-18H,8,10-12H2,(H,34,39)/b21-6+/t17-,18-/m1/s1. The highest BCUT2D eigenvalue weighted by Crippen LogP contribution is 2.38. The van der Waals surface area contributed by atoms with Crippen molar-refractivity contribution in [1.29, 1.82) is 0 Å². The van der Waals surface area contributed by atoms with Crippen molar-refractivity contribution in [3.63, 3.8) is 0 Å². The Morgan fingerprint density at radius 3 is 2.63 bits per heavy atom. The van der Waals surface area contributed by atoms with E-state index in [1.807, 2.05) is 4.90 Å². The first-order valence-corrected chi connectivity index (χ1v) is 13.1. The van der Waals surface area contributed by atoms with E-state index in [0.29, 0.717) is 45.6 Å². The summed E-state index contributed by atoms with van der Waals surface area (Å²) in [5.41, 5.74) is -2.03. The number of cyclic esters (lactones) is 1. The number of aromatic nitrogens is 2. The van der Waals surface area contributed by atoms with Crippen molar-refractivity contribution in [2.75, 3.05) is 13.2 Å². The molecule has 0 radical (unpaired) electrons. The van der Waals surface area contributed by atoms with Crippen LogP contribution >= 0.6 is 11.8 Å². The highest BCUT2D eigenvalue weighted by atomic mass is 32.2. The Morgan fingerprint density at radius 2 is 1.88 bits per heavy atom. The molecule has 0 unspecified atom stereocenters. The minimum Gasteiger partial charge on any atom is -0.447 e. The van der Waals surface area contributed by atoms with Gasteiger partial charge in [0.2, 0.25) is 0 Å². The highest BCUT2D eigenvalue weighted by Gasteiger charge is 2.41. The number of hydrogen-bond acceptors (Lipinski definition) is 6. The number of rotatable bonds is 3. The molecule has 2 fully saturated rings. The van der Waals surface area contributed by atoms with E-state index >= 15 is 0 Å². The molecular formula is C26H19F6N5O3S. The molecule has 3 aromatic rings. The zero-order valence-corrected chi connectivity index (χ0v) is 21.6. The number of amidine groups is 1. The SMILES string of the molecule is O=C1N[C@@H]2C[C@H](CO1)N(C1=NC(=O)/C(=C\c3ccc4c(cnn4Cc4ccc(C(F)(F)F)cc4C(F)(F)F)c3)S1)C2. The molecule has 2 saturated heterocycles. The molecule has 4 heterocycles. The number of amides is 2. The number of nitrogens with one attached hydrogen (secondary N) is 1. The van der Waals surface area contributed by atoms with Crippen LogP contribution in [0.15, 0.2) is 52.5 Å². The predicted molar refractivity (Wildman–Crippen MR) is 137 cm³/mol. The van der Waals surface area contributed by atoms with Gasteiger partial charge in [-0.25, -0.2) is 4.79 Å². The molecule has 2 bridgehead atoms. The van der Waals surface area contributed by atoms with Crippen molar-refractivity contribution in [3.8, 4) is 0 Å². The predicted octanol–water partition coefficient (Wildman–Crippen LogP) is 5.28. The number of carbonyl (C=O) groups is 2. The Balaban J connectivity index is 1.21. The number of fused-ring (bicyclic) bond motifs is 3. The number of aliphatic imine (C=N–C) groups is 1. The molecule has 1 N–H and O–H groups in total. The quantitative estimate of drug-likeness (QED) is 0.328. The zero-order chi connectivity index (χ0) is 29.1. The average Bonchev–Trinajstić information content (AvgIpc) is 3.54. The number of halogens is 6. The number of carbonyl (C=O) groups excluding carboxylic acids is 2. The van der Waals surface area contributed by atoms with Crippen LogP contribution in [-0.4, -0.2) is 57.1 Å². The molecule has 41 heavy (non-hydrogen) atoms. The molecule has 1 aromatic heterocycles. The van der Waals surface area contributed by atoms with Gasteiger partial charge in [0.15, 0.2) is 5.17 Å². The van der Waals surface area contributed by atoms with Crippen LogP contribution in [0.2, 0.25) is 0 Å². The van der Waals surface area contributed by atoms with E-state index in [4.69, 9.17) is 4.74 Å². The molecule has 15 heteroatoms. The second kappa shape index (κ2) is 9.82. The fraction of sp³-hybridized carbons (Fsp3) is 0.308. The first kappa shape index (κ1) is 27.2. The maximum Gasteiger partial charge on any atom is 0.416 e. The molecule has 2 atom stereocenters. The largest absolute Gasteiger partial charge is 0.447 e. The molecule has 0 spiro atoms. The number of benzene rings is 2. The fourth-order valence-electron chi connectivity index (χ4n) is 5.10. The van der Waals surface area contributed by atoms with Crippen LogP contribution in [0.25, 0.3) is 17.0 Å². The van der Waals surface area contributed by atoms with E-state index in [1.165, 1.54) is 22.6 Å². The van der Waals surface area contributed by atoms with E-state index in [-0.39, 0.29) is 30.3 Å². The third-order valence-corrected chi connectivity index (χ3v) is 8.05. The maximum absolute atomic E-state index is 13.6. The molecule has 2 amide bonds. The monoisotopic (exact) mass is 595 g/mol. The first-order chi connectivity index (χ1) is 19.3. The van der Waals surface area contributed by atoms with Crippen LogP contribution in [0.1, 0.15) is 28.7 Å². The summed E-state index contributed by atoms with van der Waals surface area (Å²) >= 11 is 1.20. The summed E-state index contributed by atoms with van der Waals surface area (Å²) < 4.78 is 86.2. The molecule has 2 aromatic carbocycles. The lowest BCUT2D eigenvalue weighted by atomic mass is 10.0. The van der Waals surface area contributed by atoms with Crippen molar-refractivity contribution in [2.45, 2.75) is 37.4 Å². The highest BCUT2D eigenvalue weighted by molar-refractivity contribution is 8.18. The number of alkyl carbamates (subject to hydrolysis) is 1. The third-order valence-electron chi connectivity index (χ3n) is 7.02. The van der Waals surface area contributed by atoms with Gasteiger partial charge in [-0.2, -0.15) is 36.4 Å². The van der Waals surface area contributed by atoms with Gasteiger partial charge in [-0.05, 0) is 59.7 Å². The minimum atomic E-state index is -4.99. The lowest BCUT2D eigenvalue weighted by Crippen LogP contribution is -2.42. The van der Waals surface area contributed by atoms with E-state index < -0.39 is 42.0 Å². The Morgan fingerprint density at radius 1 is 1.07 bits per heavy atom. The van der Waals surface area contributed by atoms with Crippen molar-refractivity contribution in [2.24, 2.45) is 4.99 Å². The number of hydrogen-bond donors (Lipinski definition) is 1. The van der Waals surface area contributed by atoms with Gasteiger partial charge in [0.05, 0.1) is 46.4 Å². The number of thioether (sulfide) groups is 1. The molecule has 0 saturated carbocycles. The zero-order valence-electron chi connectivity index (χ0n) is 20.8. The van der Waals surface area contributed by atoms with E-state index in [0.717, 1.165) is 6.07 Å². The van der Waals surface area contributed by atoms with Crippen LogP contribution < -0.4 is 5.32 Å². The Labute approximate surface area is 232 Å². The Kier molecular flexibility index (Phi) is 6.51. The summed E-state index contributed by atoms with van der Waals surface area (Å²) in [6, 6.07) is 6.32. The van der Waals surface area contributed by atoms with Gasteiger partial charge in [0.1, 0.15) is 6.61 Å². The van der Waals surface area contributed by atoms with E-state index in [2.05, 4.69) is 15.4 Å². The first-order valence-electron chi connectivity index (χ1n) is 12.3. The van der Waals surface area contributed by atoms with Gasteiger partial charge in [-0.1, -0.05) is 12.1 Å². The summed E-state index contributed by atoms with van der Waals surface area (Å²) in [7, 11) is 0. The molecular weight excluding hydrogens is 576 g/mol. The van der Waals surface area contributed by atoms with Gasteiger partial charge >= 0.3 is 18.4 Å². The van der Waals surface area contributed by atoms with Gasteiger partial charge in [0.25, 0.3) is 5.91 Å². The van der Waals surface area contributed by atoms with Crippen molar-refractivity contribution < 1.29 is 40.7 Å². The molecule has 0 aliphatic carbocycles. The van der Waals surface area contributed by atoms with Gasteiger partial charge in [0, 0.05) is 11.9 Å². The lowest BCUT2D eigenvalue weighted by molar-refractivity contribution is -0.143. The fourth-order valence-corrected chi connectivity index (χ4v) is 6.10. The summed E-state index contributed by atoms with van der Waals surface area (Å²) in [6.07, 6.45) is -6.61. The number of nitrogens with zero attached hydrogens (tertiary/aromatic N) is 4. The van der Waals surface area contributed by atoms with E-state index in [9.17, 15) is 35.9 Å². The normalized spacial score (nSPS) is 22.2. The number of alkyl halides is 6. The molecule has 6 rings (SSSR count). The molecule has 8 nitrogen and oxygen atoms in total. The summed E-state index contributed by atoms with van der Waals surface area (Å²) in [6.45, 7) is 0.295. The van der Waals surface area contributed by atoms with Crippen molar-refractivity contribution in [3.05, 3.63) is 69.8 Å². The van der Waals surface area contributed by atoms with Crippen molar-refractivity contribution >= 4 is 45.9 Å². The van der Waals surface area contributed by atoms with Crippen LogP contribution in [0.3, 0.4) is 0 Å². The minimum absolute atomic E-state index is 0.0953. The topological polar surface area (TPSA) is 88.8 Å². The van der Waals surface area contributed by atoms with Gasteiger partial charge in [-0.15, -0.1) is 0 Å². The molecule has 3 aliphatic heterocycles. The van der Waals surface area contributed by atoms with Gasteiger partial charge in [-0.3, -0.25) is 9.48 Å². The second-order valence-electron chi connectivity index (χ2n) is 9.78. The van der Waals surface area contributed by atoms with Crippen LogP contribution in [-0.2, 0) is 28.4 Å².